The number of esters is 2. The average molecular weight is 381 g/mol. The van der Waals surface area contributed by atoms with E-state index in [1.54, 1.807) is 13.8 Å². The van der Waals surface area contributed by atoms with Crippen molar-refractivity contribution in [2.45, 2.75) is 19.8 Å². The van der Waals surface area contributed by atoms with E-state index < -0.39 is 17.9 Å². The first-order chi connectivity index (χ1) is 11.1. The predicted molar refractivity (Wildman–Crippen MR) is 87.4 cm³/mol. The number of hydrogen-bond acceptors (Lipinski definition) is 5. The summed E-state index contributed by atoms with van der Waals surface area (Å²) >= 11 is 3.37. The Kier molecular flexibility index (Phi) is 5.98. The molecule has 0 fully saturated rings. The van der Waals surface area contributed by atoms with Crippen LogP contribution in [0.2, 0.25) is 0 Å². The zero-order valence-corrected chi connectivity index (χ0v) is 14.5. The zero-order valence-electron chi connectivity index (χ0n) is 12.9. The van der Waals surface area contributed by atoms with Crippen LogP contribution in [0.3, 0.4) is 0 Å². The van der Waals surface area contributed by atoms with E-state index in [0.717, 1.165) is 10.0 Å². The van der Waals surface area contributed by atoms with E-state index in [4.69, 9.17) is 14.2 Å². The van der Waals surface area contributed by atoms with E-state index in [-0.39, 0.29) is 24.4 Å². The molecule has 0 radical (unpaired) electrons. The van der Waals surface area contributed by atoms with Gasteiger partial charge in [0.05, 0.1) is 30.3 Å². The predicted octanol–water partition coefficient (Wildman–Crippen LogP) is 3.46. The molecule has 2 rings (SSSR count). The van der Waals surface area contributed by atoms with Crippen molar-refractivity contribution < 1.29 is 23.8 Å². The maximum atomic E-state index is 12.2. The molecule has 0 amide bonds. The molecule has 0 aromatic heterocycles. The molecule has 1 aliphatic heterocycles. The molecule has 5 nitrogen and oxygen atoms in total. The lowest BCUT2D eigenvalue weighted by atomic mass is 9.84. The number of rotatable bonds is 5. The minimum Gasteiger partial charge on any atom is -0.471 e. The van der Waals surface area contributed by atoms with Crippen LogP contribution in [0.5, 0.6) is 0 Å². The average Bonchev–Trinajstić information content (AvgIpc) is 2.55. The molecule has 1 heterocycles. The van der Waals surface area contributed by atoms with Crippen LogP contribution in [-0.2, 0) is 23.8 Å². The van der Waals surface area contributed by atoms with E-state index in [1.165, 1.54) is 12.5 Å². The van der Waals surface area contributed by atoms with Crippen molar-refractivity contribution in [1.82, 2.24) is 0 Å². The van der Waals surface area contributed by atoms with E-state index in [2.05, 4.69) is 15.9 Å². The number of benzene rings is 1. The summed E-state index contributed by atoms with van der Waals surface area (Å²) in [7, 11) is 0. The van der Waals surface area contributed by atoms with Crippen molar-refractivity contribution in [2.24, 2.45) is 0 Å². The molecule has 0 aliphatic carbocycles. The zero-order chi connectivity index (χ0) is 16.8. The highest BCUT2D eigenvalue weighted by molar-refractivity contribution is 9.10. The summed E-state index contributed by atoms with van der Waals surface area (Å²) in [6.07, 6.45) is 2.63. The highest BCUT2D eigenvalue weighted by Crippen LogP contribution is 2.36. The van der Waals surface area contributed by atoms with Crippen LogP contribution in [0, 0.1) is 0 Å². The highest BCUT2D eigenvalue weighted by atomic mass is 79.9. The van der Waals surface area contributed by atoms with Gasteiger partial charge in [0.2, 0.25) is 0 Å². The largest absolute Gasteiger partial charge is 0.471 e. The van der Waals surface area contributed by atoms with Gasteiger partial charge in [-0.2, -0.15) is 0 Å². The summed E-state index contributed by atoms with van der Waals surface area (Å²) in [5.74, 6) is -1.62. The number of carbonyl (C=O) groups excluding carboxylic acids is 2. The smallest absolute Gasteiger partial charge is 0.338 e. The molecule has 23 heavy (non-hydrogen) atoms. The molecule has 0 saturated heterocycles. The third-order valence-electron chi connectivity index (χ3n) is 3.24. The Morgan fingerprint density at radius 2 is 1.48 bits per heavy atom. The number of hydrogen-bond donors (Lipinski definition) is 0. The van der Waals surface area contributed by atoms with E-state index in [1.807, 2.05) is 24.3 Å². The molecule has 0 saturated carbocycles. The van der Waals surface area contributed by atoms with Gasteiger partial charge in [0.25, 0.3) is 0 Å². The van der Waals surface area contributed by atoms with Gasteiger partial charge in [0.1, 0.15) is 12.5 Å². The second-order valence-electron chi connectivity index (χ2n) is 4.71. The second-order valence-corrected chi connectivity index (χ2v) is 5.62. The van der Waals surface area contributed by atoms with Gasteiger partial charge in [-0.1, -0.05) is 28.1 Å². The van der Waals surface area contributed by atoms with Crippen molar-refractivity contribution >= 4 is 27.9 Å². The summed E-state index contributed by atoms with van der Waals surface area (Å²) in [5.41, 5.74) is 1.30. The molecule has 6 heteroatoms. The molecule has 0 spiro atoms. The third-order valence-corrected chi connectivity index (χ3v) is 3.77. The molecule has 1 aliphatic rings. The minimum absolute atomic E-state index is 0.238. The maximum Gasteiger partial charge on any atom is 0.338 e. The van der Waals surface area contributed by atoms with Crippen LogP contribution >= 0.6 is 15.9 Å². The van der Waals surface area contributed by atoms with Crippen LogP contribution < -0.4 is 0 Å². The first-order valence-electron chi connectivity index (χ1n) is 7.23. The Bertz CT molecular complexity index is 611. The molecule has 0 bridgehead atoms. The maximum absolute atomic E-state index is 12.2. The van der Waals surface area contributed by atoms with Crippen molar-refractivity contribution in [3.05, 3.63) is 58.0 Å². The standard InChI is InChI=1S/C17H17BrO5/c1-3-22-16(19)13-9-21-10-14(17(20)23-4-2)15(13)11-5-7-12(18)8-6-11/h5-10,15H,3-4H2,1-2H3. The Balaban J connectivity index is 2.43. The fraction of sp³-hybridized carbons (Fsp3) is 0.294. The van der Waals surface area contributed by atoms with Crippen LogP contribution in [-0.4, -0.2) is 25.2 Å². The molecule has 1 aromatic carbocycles. The fourth-order valence-electron chi connectivity index (χ4n) is 2.26. The molecule has 0 N–H and O–H groups in total. The van der Waals surface area contributed by atoms with E-state index >= 15 is 0 Å². The number of halogens is 1. The molecule has 0 unspecified atom stereocenters. The minimum atomic E-state index is -0.588. The fourth-order valence-corrected chi connectivity index (χ4v) is 2.52. The second kappa shape index (κ2) is 7.97. The SMILES string of the molecule is CCOC(=O)C1=COC=C(C(=O)OCC)C1c1ccc(Br)cc1. The first-order valence-corrected chi connectivity index (χ1v) is 8.03. The molecule has 122 valence electrons. The van der Waals surface area contributed by atoms with Crippen LogP contribution in [0.1, 0.15) is 25.3 Å². The van der Waals surface area contributed by atoms with Crippen molar-refractivity contribution in [3.8, 4) is 0 Å². The van der Waals surface area contributed by atoms with Gasteiger partial charge < -0.3 is 14.2 Å². The van der Waals surface area contributed by atoms with Crippen molar-refractivity contribution in [1.29, 1.82) is 0 Å². The normalized spacial score (nSPS) is 14.4. The van der Waals surface area contributed by atoms with Gasteiger partial charge in [-0.3, -0.25) is 0 Å². The molecule has 1 aromatic rings. The van der Waals surface area contributed by atoms with Gasteiger partial charge in [-0.15, -0.1) is 0 Å². The molecule has 0 atom stereocenters. The summed E-state index contributed by atoms with van der Waals surface area (Å²) in [6, 6.07) is 7.35. The van der Waals surface area contributed by atoms with Gasteiger partial charge in [0, 0.05) is 4.47 Å². The third kappa shape index (κ3) is 4.01. The van der Waals surface area contributed by atoms with Gasteiger partial charge >= 0.3 is 11.9 Å². The lowest BCUT2D eigenvalue weighted by Gasteiger charge is -2.24. The summed E-state index contributed by atoms with van der Waals surface area (Å²) in [4.78, 5) is 24.4. The Labute approximate surface area is 143 Å². The lowest BCUT2D eigenvalue weighted by molar-refractivity contribution is -0.139. The number of carbonyl (C=O) groups is 2. The monoisotopic (exact) mass is 380 g/mol. The number of ether oxygens (including phenoxy) is 3. The van der Waals surface area contributed by atoms with Gasteiger partial charge in [-0.25, -0.2) is 9.59 Å². The summed E-state index contributed by atoms with van der Waals surface area (Å²) in [5, 5.41) is 0. The summed E-state index contributed by atoms with van der Waals surface area (Å²) < 4.78 is 16.2. The quantitative estimate of drug-likeness (QED) is 0.732. The molecular weight excluding hydrogens is 364 g/mol. The van der Waals surface area contributed by atoms with Crippen LogP contribution in [0.15, 0.2) is 52.4 Å². The van der Waals surface area contributed by atoms with Crippen LogP contribution in [0.25, 0.3) is 0 Å². The van der Waals surface area contributed by atoms with Gasteiger partial charge in [-0.05, 0) is 31.5 Å². The molecular formula is C17H17BrO5. The van der Waals surface area contributed by atoms with Gasteiger partial charge in [0.15, 0.2) is 0 Å². The van der Waals surface area contributed by atoms with E-state index in [0.29, 0.717) is 0 Å². The Hall–Kier alpha value is -2.08. The first kappa shape index (κ1) is 17.3. The van der Waals surface area contributed by atoms with E-state index in [9.17, 15) is 9.59 Å². The Morgan fingerprint density at radius 1 is 1.00 bits per heavy atom. The van der Waals surface area contributed by atoms with Crippen molar-refractivity contribution in [3.63, 3.8) is 0 Å². The topological polar surface area (TPSA) is 61.8 Å². The lowest BCUT2D eigenvalue weighted by Crippen LogP contribution is -2.24. The highest BCUT2D eigenvalue weighted by Gasteiger charge is 2.34. The Morgan fingerprint density at radius 3 is 1.91 bits per heavy atom. The van der Waals surface area contributed by atoms with Crippen LogP contribution in [0.4, 0.5) is 0 Å². The summed E-state index contributed by atoms with van der Waals surface area (Å²) in [6.45, 7) is 3.92. The van der Waals surface area contributed by atoms with Crippen molar-refractivity contribution in [2.75, 3.05) is 13.2 Å².